The molecule has 0 fully saturated rings. The van der Waals surface area contributed by atoms with Gasteiger partial charge in [0.25, 0.3) is 40.5 Å². The second-order valence-corrected chi connectivity index (χ2v) is 18.3. The molecule has 0 aliphatic rings. The third-order valence-electron chi connectivity index (χ3n) is 8.98. The lowest BCUT2D eigenvalue weighted by atomic mass is 10.0. The summed E-state index contributed by atoms with van der Waals surface area (Å²) in [6.45, 7) is 0. The molecule has 0 radical (unpaired) electrons. The number of phenols is 2. The maximum absolute atomic E-state index is 12.0. The number of rotatable bonds is 12. The number of hydrogen-bond donors (Lipinski definition) is 8. The Morgan fingerprint density at radius 2 is 0.787 bits per heavy atom. The van der Waals surface area contributed by atoms with Crippen molar-refractivity contribution in [1.82, 2.24) is 0 Å². The van der Waals surface area contributed by atoms with Crippen molar-refractivity contribution in [3.05, 3.63) is 83.9 Å². The molecule has 320 valence electrons. The first-order valence-electron chi connectivity index (χ1n) is 16.6. The second-order valence-electron chi connectivity index (χ2n) is 12.8. The summed E-state index contributed by atoms with van der Waals surface area (Å²) in [6, 6.07) is 15.0. The summed E-state index contributed by atoms with van der Waals surface area (Å²) in [6.07, 6.45) is 0.287. The van der Waals surface area contributed by atoms with Crippen LogP contribution in [-0.2, 0) is 46.9 Å². The third kappa shape index (κ3) is 8.72. The zero-order valence-electron chi connectivity index (χ0n) is 31.0. The fraction of sp³-hybridized carbons (Fsp3) is 0.0857. The van der Waals surface area contributed by atoms with E-state index in [9.17, 15) is 62.1 Å². The fourth-order valence-corrected chi connectivity index (χ4v) is 9.08. The van der Waals surface area contributed by atoms with E-state index < -0.39 is 93.7 Å². The molecule has 26 heteroatoms. The lowest BCUT2D eigenvalue weighted by molar-refractivity contribution is 0.415. The molecule has 0 saturated carbocycles. The van der Waals surface area contributed by atoms with Gasteiger partial charge in [0, 0.05) is 10.8 Å². The van der Waals surface area contributed by atoms with Gasteiger partial charge in [-0.05, 0) is 66.1 Å². The zero-order chi connectivity index (χ0) is 45.0. The topological polar surface area (TPSA) is 378 Å². The largest absolute Gasteiger partial charge is 0.505 e. The molecule has 0 bridgehead atoms. The minimum absolute atomic E-state index is 0.152. The molecular formula is C35H30N6O16S4. The monoisotopic (exact) mass is 918 g/mol. The van der Waals surface area contributed by atoms with Crippen LogP contribution in [0.15, 0.2) is 113 Å². The Labute approximate surface area is 345 Å². The molecule has 0 atom stereocenters. The molecule has 6 aromatic carbocycles. The highest BCUT2D eigenvalue weighted by atomic mass is 32.2. The van der Waals surface area contributed by atoms with Gasteiger partial charge in [-0.25, -0.2) is 0 Å². The summed E-state index contributed by atoms with van der Waals surface area (Å²) < 4.78 is 145. The second kappa shape index (κ2) is 15.8. The van der Waals surface area contributed by atoms with Crippen LogP contribution in [0.25, 0.3) is 21.5 Å². The number of phenolic OH excluding ortho intramolecular Hbond substituents is 2. The highest BCUT2D eigenvalue weighted by molar-refractivity contribution is 7.87. The van der Waals surface area contributed by atoms with Gasteiger partial charge in [0.05, 0.1) is 36.4 Å². The van der Waals surface area contributed by atoms with Gasteiger partial charge in [-0.3, -0.25) is 18.2 Å². The van der Waals surface area contributed by atoms with Crippen LogP contribution in [0.3, 0.4) is 0 Å². The number of ether oxygens (including phenoxy) is 2. The Morgan fingerprint density at radius 3 is 1.10 bits per heavy atom. The molecule has 61 heavy (non-hydrogen) atoms. The summed E-state index contributed by atoms with van der Waals surface area (Å²) >= 11 is 0. The molecule has 0 saturated heterocycles. The number of nitrogens with two attached hydrogens (primary N) is 2. The number of azo groups is 2. The van der Waals surface area contributed by atoms with Crippen LogP contribution in [0.5, 0.6) is 23.0 Å². The van der Waals surface area contributed by atoms with E-state index in [0.29, 0.717) is 23.3 Å². The standard InChI is InChI=1S/C35H30N6O16S4/c1-56-24-12-16(3-7-20(24)38-40-22-9-5-18-26(58(44,45)46)14-28(60(50,51)52)32(36)30(18)34(22)42)11-17-4-8-21(25(13-17)57-2)39-41-23-10-6-19-27(59(47,48)49)15-29(61(53,54)55)33(37)31(19)35(23)43/h3-10,12-15,42-43H,11,36-37H2,1-2H3,(H,44,45,46)(H,47,48,49)(H,50,51,52)(H,53,54,55). The Balaban J connectivity index is 1.28. The van der Waals surface area contributed by atoms with E-state index in [4.69, 9.17) is 20.9 Å². The smallest absolute Gasteiger partial charge is 0.296 e. The highest BCUT2D eigenvalue weighted by Crippen LogP contribution is 2.46. The van der Waals surface area contributed by atoms with Crippen molar-refractivity contribution >= 4 is 96.1 Å². The number of methoxy groups -OCH3 is 2. The van der Waals surface area contributed by atoms with E-state index >= 15 is 0 Å². The van der Waals surface area contributed by atoms with E-state index in [2.05, 4.69) is 20.5 Å². The molecular weight excluding hydrogens is 889 g/mol. The van der Waals surface area contributed by atoms with Gasteiger partial charge in [-0.1, -0.05) is 24.3 Å². The SMILES string of the molecule is COc1cc(Cc2ccc(N=Nc3ccc4c(S(=O)(=O)O)cc(S(=O)(=O)O)c(N)c4c3O)c(OC)c2)ccc1N=Nc1ccc2c(S(=O)(=O)O)cc(S(=O)(=O)O)c(N)c2c1O. The number of aromatic hydroxyl groups is 2. The van der Waals surface area contributed by atoms with Crippen molar-refractivity contribution in [3.63, 3.8) is 0 Å². The van der Waals surface area contributed by atoms with Gasteiger partial charge in [-0.15, -0.1) is 20.5 Å². The normalized spacial score (nSPS) is 12.8. The van der Waals surface area contributed by atoms with Crippen molar-refractivity contribution < 1.29 is 71.6 Å². The molecule has 0 aromatic heterocycles. The van der Waals surface area contributed by atoms with E-state index in [1.165, 1.54) is 26.4 Å². The minimum atomic E-state index is -5.12. The van der Waals surface area contributed by atoms with Gasteiger partial charge in [-0.2, -0.15) is 33.7 Å². The van der Waals surface area contributed by atoms with Crippen LogP contribution in [-0.4, -0.2) is 76.3 Å². The van der Waals surface area contributed by atoms with Crippen molar-refractivity contribution in [2.75, 3.05) is 25.7 Å². The first kappa shape index (κ1) is 44.0. The number of nitrogens with zero attached hydrogens (tertiary/aromatic N) is 4. The number of hydrogen-bond acceptors (Lipinski definition) is 18. The number of nitrogen functional groups attached to an aromatic ring is 2. The molecule has 0 unspecified atom stereocenters. The van der Waals surface area contributed by atoms with Crippen LogP contribution < -0.4 is 20.9 Å². The van der Waals surface area contributed by atoms with Crippen molar-refractivity contribution in [2.24, 2.45) is 20.5 Å². The third-order valence-corrected chi connectivity index (χ3v) is 12.6. The summed E-state index contributed by atoms with van der Waals surface area (Å²) in [5, 5.41) is 36.3. The van der Waals surface area contributed by atoms with Crippen LogP contribution in [0.1, 0.15) is 11.1 Å². The quantitative estimate of drug-likeness (QED) is 0.0396. The fourth-order valence-electron chi connectivity index (χ4n) is 6.21. The predicted octanol–water partition coefficient (Wildman–Crippen LogP) is 5.99. The Hall–Kier alpha value is -6.52. The first-order valence-corrected chi connectivity index (χ1v) is 22.3. The van der Waals surface area contributed by atoms with Gasteiger partial charge in [0.2, 0.25) is 0 Å². The van der Waals surface area contributed by atoms with Crippen molar-refractivity contribution in [2.45, 2.75) is 26.0 Å². The van der Waals surface area contributed by atoms with Gasteiger partial charge >= 0.3 is 0 Å². The van der Waals surface area contributed by atoms with E-state index in [1.807, 2.05) is 0 Å². The highest BCUT2D eigenvalue weighted by Gasteiger charge is 2.28. The number of fused-ring (bicyclic) bond motifs is 2. The van der Waals surface area contributed by atoms with Crippen LogP contribution >= 0.6 is 0 Å². The molecule has 0 aliphatic heterocycles. The average Bonchev–Trinajstić information content (AvgIpc) is 3.16. The summed E-state index contributed by atoms with van der Waals surface area (Å²) in [5.74, 6) is -1.21. The van der Waals surface area contributed by atoms with Gasteiger partial charge < -0.3 is 31.2 Å². The summed E-state index contributed by atoms with van der Waals surface area (Å²) in [7, 11) is -17.7. The molecule has 0 heterocycles. The summed E-state index contributed by atoms with van der Waals surface area (Å²) in [5.41, 5.74) is 11.4. The van der Waals surface area contributed by atoms with Crippen molar-refractivity contribution in [1.29, 1.82) is 0 Å². The zero-order valence-corrected chi connectivity index (χ0v) is 34.2. The van der Waals surface area contributed by atoms with Crippen LogP contribution in [0.4, 0.5) is 34.1 Å². The van der Waals surface area contributed by atoms with Crippen molar-refractivity contribution in [3.8, 4) is 23.0 Å². The molecule has 10 N–H and O–H groups in total. The molecule has 0 aliphatic carbocycles. The number of benzene rings is 6. The number of anilines is 2. The van der Waals surface area contributed by atoms with E-state index in [-0.39, 0.29) is 51.4 Å². The lowest BCUT2D eigenvalue weighted by Crippen LogP contribution is -2.08. The Bertz CT molecular complexity index is 3140. The van der Waals surface area contributed by atoms with Crippen LogP contribution in [0.2, 0.25) is 0 Å². The molecule has 0 amide bonds. The molecule has 22 nitrogen and oxygen atoms in total. The maximum atomic E-state index is 12.0. The lowest BCUT2D eigenvalue weighted by Gasteiger charge is -2.13. The average molecular weight is 919 g/mol. The minimum Gasteiger partial charge on any atom is -0.505 e. The van der Waals surface area contributed by atoms with Gasteiger partial charge in [0.15, 0.2) is 11.5 Å². The predicted molar refractivity (Wildman–Crippen MR) is 216 cm³/mol. The van der Waals surface area contributed by atoms with Gasteiger partial charge in [0.1, 0.15) is 53.8 Å². The van der Waals surface area contributed by atoms with E-state index in [0.717, 1.165) is 24.3 Å². The maximum Gasteiger partial charge on any atom is 0.296 e. The Kier molecular flexibility index (Phi) is 11.4. The molecule has 0 spiro atoms. The molecule has 6 aromatic rings. The summed E-state index contributed by atoms with van der Waals surface area (Å²) in [4.78, 5) is -4.07. The first-order chi connectivity index (χ1) is 28.3. The van der Waals surface area contributed by atoms with E-state index in [1.54, 1.807) is 24.3 Å². The van der Waals surface area contributed by atoms with Crippen LogP contribution in [0, 0.1) is 0 Å². The molecule has 6 rings (SSSR count). The Morgan fingerprint density at radius 1 is 0.475 bits per heavy atom.